The van der Waals surface area contributed by atoms with E-state index in [1.54, 1.807) is 42.5 Å². The van der Waals surface area contributed by atoms with Crippen LogP contribution < -0.4 is 20.7 Å². The summed E-state index contributed by atoms with van der Waals surface area (Å²) in [5.41, 5.74) is 6.70. The van der Waals surface area contributed by atoms with Crippen LogP contribution in [0.1, 0.15) is 16.8 Å². The molecule has 0 aliphatic carbocycles. The van der Waals surface area contributed by atoms with E-state index in [1.807, 2.05) is 25.1 Å². The number of amides is 3. The molecule has 0 saturated carbocycles. The van der Waals surface area contributed by atoms with E-state index in [9.17, 15) is 14.4 Å². The maximum atomic E-state index is 12.4. The molecule has 1 heterocycles. The van der Waals surface area contributed by atoms with Gasteiger partial charge in [0.05, 0.1) is 16.6 Å². The van der Waals surface area contributed by atoms with Crippen LogP contribution in [-0.4, -0.2) is 38.4 Å². The number of carbonyl (C=O) groups excluding carboxylic acids is 3. The molecule has 28 heavy (non-hydrogen) atoms. The number of carbonyl (C=O) groups is 3. The number of hydrogen-bond acceptors (Lipinski definition) is 4. The molecule has 0 spiro atoms. The third kappa shape index (κ3) is 4.26. The molecular formula is C20H21ClN4O3. The standard InChI is InChI=1S/C20H21ClN4O3/c1-24(2)15-7-5-6-13(10-15)19(27)22-23-20(28)14-11-18(26)25(12-14)17-9-4-3-8-16(17)21/h3-10,14H,11-12H2,1-2H3,(H,22,27)(H,23,28). The lowest BCUT2D eigenvalue weighted by Crippen LogP contribution is -2.45. The smallest absolute Gasteiger partial charge is 0.269 e. The highest BCUT2D eigenvalue weighted by Crippen LogP contribution is 2.30. The van der Waals surface area contributed by atoms with E-state index >= 15 is 0 Å². The van der Waals surface area contributed by atoms with E-state index in [-0.39, 0.29) is 18.9 Å². The predicted molar refractivity (Wildman–Crippen MR) is 108 cm³/mol. The molecule has 1 fully saturated rings. The Morgan fingerprint density at radius 1 is 1.11 bits per heavy atom. The van der Waals surface area contributed by atoms with Gasteiger partial charge in [0.15, 0.2) is 0 Å². The Bertz CT molecular complexity index is 916. The highest BCUT2D eigenvalue weighted by Gasteiger charge is 2.36. The average molecular weight is 401 g/mol. The average Bonchev–Trinajstić information content (AvgIpc) is 3.08. The zero-order valence-corrected chi connectivity index (χ0v) is 16.4. The number of nitrogens with one attached hydrogen (secondary N) is 2. The zero-order chi connectivity index (χ0) is 20.3. The summed E-state index contributed by atoms with van der Waals surface area (Å²) >= 11 is 6.15. The van der Waals surface area contributed by atoms with Crippen molar-refractivity contribution in [3.8, 4) is 0 Å². The number of nitrogens with zero attached hydrogens (tertiary/aromatic N) is 2. The number of para-hydroxylation sites is 1. The van der Waals surface area contributed by atoms with Gasteiger partial charge in [-0.1, -0.05) is 29.8 Å². The lowest BCUT2D eigenvalue weighted by atomic mass is 10.1. The summed E-state index contributed by atoms with van der Waals surface area (Å²) in [4.78, 5) is 40.4. The summed E-state index contributed by atoms with van der Waals surface area (Å²) in [6.07, 6.45) is 0.0586. The number of halogens is 1. The van der Waals surface area contributed by atoms with Gasteiger partial charge >= 0.3 is 0 Å². The fraction of sp³-hybridized carbons (Fsp3) is 0.250. The number of hydrazine groups is 1. The molecule has 1 aliphatic heterocycles. The van der Waals surface area contributed by atoms with Crippen molar-refractivity contribution in [2.45, 2.75) is 6.42 Å². The Balaban J connectivity index is 1.60. The van der Waals surface area contributed by atoms with Gasteiger partial charge in [0.2, 0.25) is 11.8 Å². The minimum absolute atomic E-state index is 0.0586. The Kier molecular flexibility index (Phi) is 5.84. The minimum atomic E-state index is -0.572. The van der Waals surface area contributed by atoms with Gasteiger partial charge in [0.1, 0.15) is 0 Å². The van der Waals surface area contributed by atoms with Crippen molar-refractivity contribution in [3.63, 3.8) is 0 Å². The molecule has 0 bridgehead atoms. The van der Waals surface area contributed by atoms with E-state index in [0.717, 1.165) is 5.69 Å². The molecule has 0 radical (unpaired) electrons. The van der Waals surface area contributed by atoms with Gasteiger partial charge in [0.25, 0.3) is 5.91 Å². The van der Waals surface area contributed by atoms with Crippen molar-refractivity contribution in [3.05, 3.63) is 59.1 Å². The Hall–Kier alpha value is -3.06. The van der Waals surface area contributed by atoms with E-state index in [1.165, 1.54) is 4.90 Å². The fourth-order valence-corrected chi connectivity index (χ4v) is 3.24. The molecule has 1 saturated heterocycles. The van der Waals surface area contributed by atoms with Gasteiger partial charge in [-0.25, -0.2) is 0 Å². The molecule has 0 aromatic heterocycles. The Morgan fingerprint density at radius 3 is 2.57 bits per heavy atom. The lowest BCUT2D eigenvalue weighted by molar-refractivity contribution is -0.126. The van der Waals surface area contributed by atoms with Gasteiger partial charge in [-0.3, -0.25) is 25.2 Å². The second-order valence-electron chi connectivity index (χ2n) is 6.74. The van der Waals surface area contributed by atoms with Gasteiger partial charge in [-0.2, -0.15) is 0 Å². The molecule has 2 N–H and O–H groups in total. The Labute approximate surface area is 168 Å². The molecule has 2 aromatic rings. The molecular weight excluding hydrogens is 380 g/mol. The quantitative estimate of drug-likeness (QED) is 0.771. The first-order valence-corrected chi connectivity index (χ1v) is 9.17. The SMILES string of the molecule is CN(C)c1cccc(C(=O)NNC(=O)C2CC(=O)N(c3ccccc3Cl)C2)c1. The topological polar surface area (TPSA) is 81.8 Å². The van der Waals surface area contributed by atoms with E-state index in [2.05, 4.69) is 10.9 Å². The van der Waals surface area contributed by atoms with Crippen LogP contribution >= 0.6 is 11.6 Å². The minimum Gasteiger partial charge on any atom is -0.378 e. The second-order valence-corrected chi connectivity index (χ2v) is 7.15. The monoisotopic (exact) mass is 400 g/mol. The summed E-state index contributed by atoms with van der Waals surface area (Å²) in [6.45, 7) is 0.209. The molecule has 3 rings (SSSR count). The largest absolute Gasteiger partial charge is 0.378 e. The summed E-state index contributed by atoms with van der Waals surface area (Å²) in [7, 11) is 3.75. The highest BCUT2D eigenvalue weighted by atomic mass is 35.5. The summed E-state index contributed by atoms with van der Waals surface area (Å²) in [5, 5.41) is 0.450. The summed E-state index contributed by atoms with van der Waals surface area (Å²) in [5.74, 6) is -1.60. The maximum Gasteiger partial charge on any atom is 0.269 e. The third-order valence-electron chi connectivity index (χ3n) is 4.56. The molecule has 8 heteroatoms. The molecule has 146 valence electrons. The van der Waals surface area contributed by atoms with Crippen molar-refractivity contribution in [2.24, 2.45) is 5.92 Å². The van der Waals surface area contributed by atoms with Crippen molar-refractivity contribution < 1.29 is 14.4 Å². The van der Waals surface area contributed by atoms with Crippen LogP contribution in [0.25, 0.3) is 0 Å². The van der Waals surface area contributed by atoms with Crippen LogP contribution in [-0.2, 0) is 9.59 Å². The first kappa shape index (κ1) is 19.7. The van der Waals surface area contributed by atoms with Gasteiger partial charge in [-0.15, -0.1) is 0 Å². The van der Waals surface area contributed by atoms with Crippen LogP contribution in [0.15, 0.2) is 48.5 Å². The second kappa shape index (κ2) is 8.31. The van der Waals surface area contributed by atoms with Crippen LogP contribution in [0.2, 0.25) is 5.02 Å². The molecule has 7 nitrogen and oxygen atoms in total. The van der Waals surface area contributed by atoms with Gasteiger partial charge < -0.3 is 9.80 Å². The first-order chi connectivity index (χ1) is 13.4. The molecule has 1 atom stereocenters. The fourth-order valence-electron chi connectivity index (χ4n) is 3.00. The predicted octanol–water partition coefficient (Wildman–Crippen LogP) is 2.22. The van der Waals surface area contributed by atoms with Crippen LogP contribution in [0.4, 0.5) is 11.4 Å². The number of benzene rings is 2. The summed E-state index contributed by atoms with van der Waals surface area (Å²) < 4.78 is 0. The Morgan fingerprint density at radius 2 is 1.86 bits per heavy atom. The zero-order valence-electron chi connectivity index (χ0n) is 15.6. The lowest BCUT2D eigenvalue weighted by Gasteiger charge is -2.18. The third-order valence-corrected chi connectivity index (χ3v) is 4.88. The molecule has 3 amide bonds. The van der Waals surface area contributed by atoms with Gasteiger partial charge in [-0.05, 0) is 30.3 Å². The summed E-state index contributed by atoms with van der Waals surface area (Å²) in [6, 6.07) is 14.0. The number of hydrogen-bond donors (Lipinski definition) is 2. The van der Waals surface area contributed by atoms with Crippen molar-refractivity contribution in [2.75, 3.05) is 30.4 Å². The number of rotatable bonds is 4. The highest BCUT2D eigenvalue weighted by molar-refractivity contribution is 6.33. The maximum absolute atomic E-state index is 12.4. The van der Waals surface area contributed by atoms with Crippen LogP contribution in [0.5, 0.6) is 0 Å². The normalized spacial score (nSPS) is 16.0. The molecule has 1 unspecified atom stereocenters. The van der Waals surface area contributed by atoms with E-state index in [4.69, 9.17) is 11.6 Å². The van der Waals surface area contributed by atoms with Crippen molar-refractivity contribution in [1.29, 1.82) is 0 Å². The van der Waals surface area contributed by atoms with Crippen molar-refractivity contribution in [1.82, 2.24) is 10.9 Å². The number of anilines is 2. The first-order valence-electron chi connectivity index (χ1n) is 8.79. The van der Waals surface area contributed by atoms with E-state index in [0.29, 0.717) is 16.3 Å². The van der Waals surface area contributed by atoms with Crippen molar-refractivity contribution >= 4 is 40.7 Å². The van der Waals surface area contributed by atoms with E-state index < -0.39 is 17.7 Å². The molecule has 2 aromatic carbocycles. The van der Waals surface area contributed by atoms with Crippen LogP contribution in [0.3, 0.4) is 0 Å². The molecule has 1 aliphatic rings. The van der Waals surface area contributed by atoms with Gasteiger partial charge in [0, 0.05) is 38.3 Å². The van der Waals surface area contributed by atoms with Crippen LogP contribution in [0, 0.1) is 5.92 Å².